The molecule has 0 spiro atoms. The Morgan fingerprint density at radius 1 is 1.14 bits per heavy atom. The van der Waals surface area contributed by atoms with Crippen LogP contribution in [0.3, 0.4) is 0 Å². The number of anilines is 1. The fourth-order valence-electron chi connectivity index (χ4n) is 2.81. The number of amides is 1. The molecule has 0 aliphatic rings. The van der Waals surface area contributed by atoms with E-state index in [9.17, 15) is 4.79 Å². The Balaban J connectivity index is 1.58. The van der Waals surface area contributed by atoms with Gasteiger partial charge in [0.25, 0.3) is 11.8 Å². The number of aromatic nitrogens is 3. The SMILES string of the molecule is CCc1ccc(OC)c(C(=O)Nc2cc(-c3nnc(-c4ccco4)o3)ccn2)c1. The summed E-state index contributed by atoms with van der Waals surface area (Å²) in [6.45, 7) is 2.02. The molecule has 0 saturated carbocycles. The lowest BCUT2D eigenvalue weighted by Crippen LogP contribution is -2.14. The molecule has 0 radical (unpaired) electrons. The van der Waals surface area contributed by atoms with E-state index in [4.69, 9.17) is 13.6 Å². The van der Waals surface area contributed by atoms with E-state index in [2.05, 4.69) is 20.5 Å². The zero-order valence-electron chi connectivity index (χ0n) is 15.9. The lowest BCUT2D eigenvalue weighted by Gasteiger charge is -2.10. The van der Waals surface area contributed by atoms with E-state index in [1.165, 1.54) is 13.4 Å². The first kappa shape index (κ1) is 18.4. The number of carbonyl (C=O) groups is 1. The zero-order valence-corrected chi connectivity index (χ0v) is 15.9. The number of carbonyl (C=O) groups excluding carboxylic acids is 1. The number of benzene rings is 1. The molecule has 0 saturated heterocycles. The summed E-state index contributed by atoms with van der Waals surface area (Å²) >= 11 is 0. The minimum Gasteiger partial charge on any atom is -0.496 e. The van der Waals surface area contributed by atoms with Gasteiger partial charge in [-0.15, -0.1) is 10.2 Å². The monoisotopic (exact) mass is 390 g/mol. The molecule has 1 aromatic carbocycles. The summed E-state index contributed by atoms with van der Waals surface area (Å²) in [5.41, 5.74) is 2.10. The molecular weight excluding hydrogens is 372 g/mol. The van der Waals surface area contributed by atoms with Crippen molar-refractivity contribution in [2.24, 2.45) is 0 Å². The molecule has 0 fully saturated rings. The molecule has 146 valence electrons. The zero-order chi connectivity index (χ0) is 20.2. The van der Waals surface area contributed by atoms with Crippen molar-refractivity contribution in [3.63, 3.8) is 0 Å². The summed E-state index contributed by atoms with van der Waals surface area (Å²) in [6, 6.07) is 12.4. The second-order valence-corrected chi connectivity index (χ2v) is 6.16. The van der Waals surface area contributed by atoms with Gasteiger partial charge < -0.3 is 18.9 Å². The summed E-state index contributed by atoms with van der Waals surface area (Å²) in [5, 5.41) is 10.8. The number of hydrogen-bond donors (Lipinski definition) is 1. The van der Waals surface area contributed by atoms with Crippen LogP contribution < -0.4 is 10.1 Å². The highest BCUT2D eigenvalue weighted by molar-refractivity contribution is 6.06. The lowest BCUT2D eigenvalue weighted by atomic mass is 10.1. The van der Waals surface area contributed by atoms with E-state index in [0.29, 0.717) is 34.3 Å². The maximum atomic E-state index is 12.8. The van der Waals surface area contributed by atoms with E-state index in [1.54, 1.807) is 36.5 Å². The lowest BCUT2D eigenvalue weighted by molar-refractivity contribution is 0.102. The first-order chi connectivity index (χ1) is 14.2. The number of ether oxygens (including phenoxy) is 1. The smallest absolute Gasteiger partial charge is 0.283 e. The fraction of sp³-hybridized carbons (Fsp3) is 0.143. The van der Waals surface area contributed by atoms with Gasteiger partial charge in [0, 0.05) is 11.8 Å². The van der Waals surface area contributed by atoms with E-state index in [1.807, 2.05) is 19.1 Å². The number of aryl methyl sites for hydroxylation is 1. The molecule has 3 heterocycles. The van der Waals surface area contributed by atoms with Gasteiger partial charge in [0.15, 0.2) is 5.76 Å². The third-order valence-electron chi connectivity index (χ3n) is 4.32. The molecule has 0 aliphatic heterocycles. The molecule has 1 amide bonds. The van der Waals surface area contributed by atoms with E-state index in [0.717, 1.165) is 12.0 Å². The third-order valence-corrected chi connectivity index (χ3v) is 4.32. The summed E-state index contributed by atoms with van der Waals surface area (Å²) < 4.78 is 16.2. The molecule has 0 aliphatic carbocycles. The van der Waals surface area contributed by atoms with E-state index < -0.39 is 0 Å². The van der Waals surface area contributed by atoms with E-state index in [-0.39, 0.29) is 11.8 Å². The molecule has 0 atom stereocenters. The quantitative estimate of drug-likeness (QED) is 0.526. The molecule has 29 heavy (non-hydrogen) atoms. The largest absolute Gasteiger partial charge is 0.496 e. The van der Waals surface area contributed by atoms with Crippen LogP contribution in [0, 0.1) is 0 Å². The normalized spacial score (nSPS) is 10.7. The Bertz CT molecular complexity index is 1140. The first-order valence-electron chi connectivity index (χ1n) is 9.00. The van der Waals surface area contributed by atoms with Gasteiger partial charge in [0.2, 0.25) is 5.89 Å². The molecule has 0 unspecified atom stereocenters. The first-order valence-corrected chi connectivity index (χ1v) is 9.00. The summed E-state index contributed by atoms with van der Waals surface area (Å²) in [6.07, 6.45) is 3.90. The van der Waals surface area contributed by atoms with Crippen molar-refractivity contribution in [1.82, 2.24) is 15.2 Å². The fourth-order valence-corrected chi connectivity index (χ4v) is 2.81. The number of methoxy groups -OCH3 is 1. The van der Waals surface area contributed by atoms with Crippen molar-refractivity contribution in [3.8, 4) is 28.9 Å². The summed E-state index contributed by atoms with van der Waals surface area (Å²) in [4.78, 5) is 17.0. The van der Waals surface area contributed by atoms with Crippen molar-refractivity contribution < 1.29 is 18.4 Å². The van der Waals surface area contributed by atoms with Gasteiger partial charge in [-0.3, -0.25) is 4.79 Å². The van der Waals surface area contributed by atoms with Crippen LogP contribution in [0.1, 0.15) is 22.8 Å². The van der Waals surface area contributed by atoms with Crippen molar-refractivity contribution in [1.29, 1.82) is 0 Å². The molecule has 4 rings (SSSR count). The van der Waals surface area contributed by atoms with Crippen molar-refractivity contribution in [2.45, 2.75) is 13.3 Å². The van der Waals surface area contributed by atoms with Gasteiger partial charge >= 0.3 is 0 Å². The number of hydrogen-bond acceptors (Lipinski definition) is 7. The molecular formula is C21H18N4O4. The minimum atomic E-state index is -0.316. The summed E-state index contributed by atoms with van der Waals surface area (Å²) in [7, 11) is 1.53. The highest BCUT2D eigenvalue weighted by Crippen LogP contribution is 2.26. The number of nitrogens with one attached hydrogen (secondary N) is 1. The van der Waals surface area contributed by atoms with Crippen LogP contribution in [0.4, 0.5) is 5.82 Å². The second kappa shape index (κ2) is 7.97. The van der Waals surface area contributed by atoms with Crippen LogP contribution in [0.15, 0.2) is 63.8 Å². The average molecular weight is 390 g/mol. The Kier molecular flexibility index (Phi) is 5.07. The standard InChI is InChI=1S/C21H18N4O4/c1-3-13-6-7-16(27-2)15(11-13)19(26)23-18-12-14(8-9-22-18)20-24-25-21(29-20)17-5-4-10-28-17/h4-12H,3H2,1-2H3,(H,22,23,26). The number of pyridine rings is 1. The third kappa shape index (κ3) is 3.86. The van der Waals surface area contributed by atoms with Gasteiger partial charge in [-0.25, -0.2) is 4.98 Å². The van der Waals surface area contributed by atoms with Crippen LogP contribution in [0.5, 0.6) is 5.75 Å². The van der Waals surface area contributed by atoms with Crippen molar-refractivity contribution in [2.75, 3.05) is 12.4 Å². The molecule has 8 heteroatoms. The number of rotatable bonds is 6. The Labute approximate surface area is 166 Å². The highest BCUT2D eigenvalue weighted by atomic mass is 16.5. The maximum absolute atomic E-state index is 12.8. The van der Waals surface area contributed by atoms with E-state index >= 15 is 0 Å². The molecule has 3 aromatic heterocycles. The Morgan fingerprint density at radius 3 is 2.76 bits per heavy atom. The van der Waals surface area contributed by atoms with Crippen LogP contribution in [0.2, 0.25) is 0 Å². The van der Waals surface area contributed by atoms with Gasteiger partial charge in [0.1, 0.15) is 11.6 Å². The highest BCUT2D eigenvalue weighted by Gasteiger charge is 2.16. The van der Waals surface area contributed by atoms with Crippen LogP contribution in [-0.4, -0.2) is 28.2 Å². The maximum Gasteiger partial charge on any atom is 0.283 e. The molecule has 0 bridgehead atoms. The van der Waals surface area contributed by atoms with Gasteiger partial charge in [0.05, 0.1) is 18.9 Å². The Morgan fingerprint density at radius 2 is 2.00 bits per heavy atom. The number of nitrogens with zero attached hydrogens (tertiary/aromatic N) is 3. The van der Waals surface area contributed by atoms with Gasteiger partial charge in [-0.2, -0.15) is 0 Å². The predicted octanol–water partition coefficient (Wildman–Crippen LogP) is 4.21. The van der Waals surface area contributed by atoms with Crippen LogP contribution >= 0.6 is 0 Å². The second-order valence-electron chi connectivity index (χ2n) is 6.16. The average Bonchev–Trinajstić information content (AvgIpc) is 3.45. The Hall–Kier alpha value is -3.94. The van der Waals surface area contributed by atoms with Crippen molar-refractivity contribution >= 4 is 11.7 Å². The van der Waals surface area contributed by atoms with Gasteiger partial charge in [-0.1, -0.05) is 13.0 Å². The topological polar surface area (TPSA) is 103 Å². The van der Waals surface area contributed by atoms with Crippen molar-refractivity contribution in [3.05, 3.63) is 66.1 Å². The number of furan rings is 1. The van der Waals surface area contributed by atoms with Crippen LogP contribution in [0.25, 0.3) is 23.1 Å². The molecule has 1 N–H and O–H groups in total. The minimum absolute atomic E-state index is 0.272. The molecule has 4 aromatic rings. The summed E-state index contributed by atoms with van der Waals surface area (Å²) in [5.74, 6) is 1.58. The van der Waals surface area contributed by atoms with Gasteiger partial charge in [-0.05, 0) is 48.4 Å². The predicted molar refractivity (Wildman–Crippen MR) is 106 cm³/mol. The van der Waals surface area contributed by atoms with Crippen LogP contribution in [-0.2, 0) is 6.42 Å². The molecule has 8 nitrogen and oxygen atoms in total.